The molecule has 0 aliphatic rings. The maximum Gasteiger partial charge on any atom is 0.201 e. The van der Waals surface area contributed by atoms with Gasteiger partial charge in [0.05, 0.1) is 18.6 Å². The van der Waals surface area contributed by atoms with Crippen LogP contribution in [-0.2, 0) is 0 Å². The first kappa shape index (κ1) is 18.4. The van der Waals surface area contributed by atoms with E-state index < -0.39 is 17.5 Å². The molecule has 2 aromatic carbocycles. The molecule has 0 bridgehead atoms. The van der Waals surface area contributed by atoms with Crippen LogP contribution in [0.4, 0.5) is 13.2 Å². The first-order valence-corrected chi connectivity index (χ1v) is 8.86. The molecule has 3 aromatic rings. The van der Waals surface area contributed by atoms with Crippen LogP contribution in [0.3, 0.4) is 0 Å². The van der Waals surface area contributed by atoms with E-state index in [0.717, 1.165) is 25.3 Å². The normalized spacial score (nSPS) is 11.4. The Morgan fingerprint density at radius 3 is 2.27 bits per heavy atom. The molecule has 1 aromatic heterocycles. The van der Waals surface area contributed by atoms with E-state index in [9.17, 15) is 13.2 Å². The van der Waals surface area contributed by atoms with E-state index in [1.54, 1.807) is 0 Å². The lowest BCUT2D eigenvalue weighted by molar-refractivity contribution is 0.292. The van der Waals surface area contributed by atoms with E-state index in [2.05, 4.69) is 6.92 Å². The lowest BCUT2D eigenvalue weighted by Gasteiger charge is -2.07. The van der Waals surface area contributed by atoms with Crippen molar-refractivity contribution in [3.8, 4) is 11.5 Å². The molecule has 0 unspecified atom stereocenters. The van der Waals surface area contributed by atoms with Crippen LogP contribution in [0.25, 0.3) is 21.9 Å². The van der Waals surface area contributed by atoms with Crippen LogP contribution in [-0.4, -0.2) is 13.2 Å². The van der Waals surface area contributed by atoms with Crippen LogP contribution < -0.4 is 9.47 Å². The van der Waals surface area contributed by atoms with Gasteiger partial charge in [-0.1, -0.05) is 26.7 Å². The zero-order valence-electron chi connectivity index (χ0n) is 14.8. The molecule has 3 nitrogen and oxygen atoms in total. The molecular weight excluding hydrogens is 345 g/mol. The summed E-state index contributed by atoms with van der Waals surface area (Å²) < 4.78 is 59.3. The fourth-order valence-electron chi connectivity index (χ4n) is 2.81. The molecule has 0 amide bonds. The summed E-state index contributed by atoms with van der Waals surface area (Å²) in [5, 5.41) is 0.0645. The van der Waals surface area contributed by atoms with Crippen molar-refractivity contribution in [2.24, 2.45) is 0 Å². The SMILES string of the molecule is CCCCCOc1cc2oc3cc(OCCC)c(F)c(F)c3c2cc1F. The predicted molar refractivity (Wildman–Crippen MR) is 94.4 cm³/mol. The number of unbranched alkanes of at least 4 members (excludes halogenated alkanes) is 2. The topological polar surface area (TPSA) is 31.6 Å². The van der Waals surface area contributed by atoms with E-state index in [0.29, 0.717) is 13.0 Å². The van der Waals surface area contributed by atoms with Crippen LogP contribution >= 0.6 is 0 Å². The molecule has 3 rings (SSSR count). The fraction of sp³-hybridized carbons (Fsp3) is 0.400. The Bertz CT molecular complexity index is 918. The van der Waals surface area contributed by atoms with Crippen molar-refractivity contribution in [2.75, 3.05) is 13.2 Å². The molecule has 140 valence electrons. The minimum absolute atomic E-state index is 0.0380. The molecule has 0 saturated heterocycles. The molecule has 0 atom stereocenters. The average molecular weight is 366 g/mol. The number of ether oxygens (including phenoxy) is 2. The summed E-state index contributed by atoms with van der Waals surface area (Å²) in [4.78, 5) is 0. The van der Waals surface area contributed by atoms with Crippen LogP contribution in [0.5, 0.6) is 11.5 Å². The molecule has 0 aliphatic carbocycles. The number of hydrogen-bond acceptors (Lipinski definition) is 3. The second-order valence-corrected chi connectivity index (χ2v) is 6.16. The maximum absolute atomic E-state index is 14.5. The van der Waals surface area contributed by atoms with Gasteiger partial charge in [0.2, 0.25) is 5.82 Å². The first-order chi connectivity index (χ1) is 12.6. The van der Waals surface area contributed by atoms with Crippen molar-refractivity contribution in [2.45, 2.75) is 39.5 Å². The van der Waals surface area contributed by atoms with Gasteiger partial charge in [-0.15, -0.1) is 0 Å². The van der Waals surface area contributed by atoms with E-state index in [4.69, 9.17) is 13.9 Å². The Morgan fingerprint density at radius 2 is 1.54 bits per heavy atom. The lowest BCUT2D eigenvalue weighted by Crippen LogP contribution is -1.99. The molecule has 0 aliphatic heterocycles. The van der Waals surface area contributed by atoms with Crippen molar-refractivity contribution in [1.82, 2.24) is 0 Å². The second kappa shape index (κ2) is 7.89. The fourth-order valence-corrected chi connectivity index (χ4v) is 2.81. The van der Waals surface area contributed by atoms with Crippen molar-refractivity contribution in [3.63, 3.8) is 0 Å². The van der Waals surface area contributed by atoms with Gasteiger partial charge in [0.15, 0.2) is 23.1 Å². The molecule has 0 fully saturated rings. The van der Waals surface area contributed by atoms with Gasteiger partial charge in [0.1, 0.15) is 11.2 Å². The number of fused-ring (bicyclic) bond motifs is 3. The Labute approximate surface area is 149 Å². The highest BCUT2D eigenvalue weighted by molar-refractivity contribution is 6.06. The highest BCUT2D eigenvalue weighted by Crippen LogP contribution is 2.38. The molecule has 26 heavy (non-hydrogen) atoms. The number of halogens is 3. The lowest BCUT2D eigenvalue weighted by atomic mass is 10.1. The minimum Gasteiger partial charge on any atom is -0.490 e. The zero-order valence-corrected chi connectivity index (χ0v) is 14.8. The molecule has 0 saturated carbocycles. The zero-order chi connectivity index (χ0) is 18.7. The largest absolute Gasteiger partial charge is 0.490 e. The maximum atomic E-state index is 14.5. The highest BCUT2D eigenvalue weighted by atomic mass is 19.2. The summed E-state index contributed by atoms with van der Waals surface area (Å²) in [5.41, 5.74) is 0.338. The molecular formula is C20H21F3O3. The van der Waals surface area contributed by atoms with Gasteiger partial charge in [-0.2, -0.15) is 4.39 Å². The van der Waals surface area contributed by atoms with Crippen molar-refractivity contribution in [3.05, 3.63) is 35.7 Å². The quantitative estimate of drug-likeness (QED) is 0.435. The molecule has 0 N–H and O–H groups in total. The third-order valence-corrected chi connectivity index (χ3v) is 4.13. The standard InChI is InChI=1S/C20H21F3O3/c1-3-5-6-8-25-15-10-14-12(9-13(15)21)18-16(26-14)11-17(24-7-4-2)19(22)20(18)23/h9-11H,3-8H2,1-2H3. The Balaban J connectivity index is 2.02. The van der Waals surface area contributed by atoms with Crippen LogP contribution in [0.15, 0.2) is 22.6 Å². The van der Waals surface area contributed by atoms with Gasteiger partial charge >= 0.3 is 0 Å². The predicted octanol–water partition coefficient (Wildman–Crippen LogP) is 6.36. The van der Waals surface area contributed by atoms with E-state index in [1.165, 1.54) is 12.1 Å². The van der Waals surface area contributed by atoms with Gasteiger partial charge in [-0.3, -0.25) is 0 Å². The number of hydrogen-bond donors (Lipinski definition) is 0. The summed E-state index contributed by atoms with van der Waals surface area (Å²) in [6.45, 7) is 4.56. The van der Waals surface area contributed by atoms with Crippen molar-refractivity contribution < 1.29 is 27.1 Å². The Kier molecular flexibility index (Phi) is 5.59. The number of rotatable bonds is 8. The van der Waals surface area contributed by atoms with Gasteiger partial charge < -0.3 is 13.9 Å². The van der Waals surface area contributed by atoms with E-state index in [1.807, 2.05) is 6.92 Å². The monoisotopic (exact) mass is 366 g/mol. The second-order valence-electron chi connectivity index (χ2n) is 6.16. The summed E-state index contributed by atoms with van der Waals surface area (Å²) in [5.74, 6) is -3.02. The van der Waals surface area contributed by atoms with Gasteiger partial charge in [0, 0.05) is 17.5 Å². The van der Waals surface area contributed by atoms with Gasteiger partial charge in [0.25, 0.3) is 0 Å². The molecule has 1 heterocycles. The first-order valence-electron chi connectivity index (χ1n) is 8.86. The molecule has 0 spiro atoms. The highest BCUT2D eigenvalue weighted by Gasteiger charge is 2.21. The Hall–Kier alpha value is -2.37. The van der Waals surface area contributed by atoms with Crippen molar-refractivity contribution in [1.29, 1.82) is 0 Å². The molecule has 0 radical (unpaired) electrons. The van der Waals surface area contributed by atoms with E-state index >= 15 is 0 Å². The van der Waals surface area contributed by atoms with Crippen LogP contribution in [0.2, 0.25) is 0 Å². The molecule has 6 heteroatoms. The van der Waals surface area contributed by atoms with Crippen molar-refractivity contribution >= 4 is 21.9 Å². The minimum atomic E-state index is -1.11. The average Bonchev–Trinajstić information content (AvgIpc) is 2.97. The Morgan fingerprint density at radius 1 is 0.808 bits per heavy atom. The third-order valence-electron chi connectivity index (χ3n) is 4.13. The van der Waals surface area contributed by atoms with Crippen LogP contribution in [0, 0.1) is 17.5 Å². The summed E-state index contributed by atoms with van der Waals surface area (Å²) in [7, 11) is 0. The number of benzene rings is 2. The van der Waals surface area contributed by atoms with Gasteiger partial charge in [-0.25, -0.2) is 8.78 Å². The smallest absolute Gasteiger partial charge is 0.201 e. The summed E-state index contributed by atoms with van der Waals surface area (Å²) >= 11 is 0. The summed E-state index contributed by atoms with van der Waals surface area (Å²) in [6, 6.07) is 3.79. The van der Waals surface area contributed by atoms with Crippen LogP contribution in [0.1, 0.15) is 39.5 Å². The number of furan rings is 1. The van der Waals surface area contributed by atoms with Gasteiger partial charge in [-0.05, 0) is 18.9 Å². The summed E-state index contributed by atoms with van der Waals surface area (Å²) in [6.07, 6.45) is 3.48. The van der Waals surface area contributed by atoms with E-state index in [-0.39, 0.29) is 40.0 Å². The third kappa shape index (κ3) is 3.45.